The van der Waals surface area contributed by atoms with Crippen molar-refractivity contribution >= 4 is 45.8 Å². The molecule has 0 saturated carbocycles. The zero-order valence-corrected chi connectivity index (χ0v) is 11.5. The van der Waals surface area contributed by atoms with E-state index in [0.29, 0.717) is 19.3 Å². The maximum atomic E-state index is 11.9. The van der Waals surface area contributed by atoms with E-state index < -0.39 is 0 Å². The van der Waals surface area contributed by atoms with Gasteiger partial charge in [-0.05, 0) is 46.9 Å². The molecule has 0 aliphatic rings. The van der Waals surface area contributed by atoms with Gasteiger partial charge in [-0.3, -0.25) is 4.79 Å². The molecule has 0 radical (unpaired) electrons. The lowest BCUT2D eigenvalue weighted by Crippen LogP contribution is -2.23. The number of aromatic nitrogens is 2. The molecule has 2 rings (SSSR count). The lowest BCUT2D eigenvalue weighted by Gasteiger charge is -2.05. The Kier molecular flexibility index (Phi) is 3.51. The number of nitrogens with zero attached hydrogens (tertiary/aromatic N) is 2. The predicted octanol–water partition coefficient (Wildman–Crippen LogP) is 3.14. The Morgan fingerprint density at radius 1 is 1.19 bits per heavy atom. The molecule has 0 aliphatic carbocycles. The van der Waals surface area contributed by atoms with E-state index >= 15 is 0 Å². The van der Waals surface area contributed by atoms with Gasteiger partial charge in [0, 0.05) is 5.02 Å². The molecule has 2 aromatic rings. The molecule has 0 unspecified atom stereocenters. The van der Waals surface area contributed by atoms with Crippen molar-refractivity contribution in [1.82, 2.24) is 9.78 Å². The van der Waals surface area contributed by atoms with Crippen molar-refractivity contribution in [1.29, 1.82) is 0 Å². The highest BCUT2D eigenvalue weighted by Gasteiger charge is 2.07. The summed E-state index contributed by atoms with van der Waals surface area (Å²) in [5.74, 6) is 0. The first-order valence-corrected chi connectivity index (χ1v) is 6.12. The molecular formula is C10H5Cl2IN2O. The van der Waals surface area contributed by atoms with Crippen LogP contribution in [0.15, 0.2) is 35.3 Å². The summed E-state index contributed by atoms with van der Waals surface area (Å²) in [5.41, 5.74) is 0.416. The SMILES string of the molecule is O=c1c(I)c(Cl)cnn1-c1ccc(Cl)cc1. The summed E-state index contributed by atoms with van der Waals surface area (Å²) in [7, 11) is 0. The van der Waals surface area contributed by atoms with Crippen molar-refractivity contribution in [3.63, 3.8) is 0 Å². The predicted molar refractivity (Wildman–Crippen MR) is 72.6 cm³/mol. The topological polar surface area (TPSA) is 34.9 Å². The van der Waals surface area contributed by atoms with E-state index in [1.807, 2.05) is 22.6 Å². The lowest BCUT2D eigenvalue weighted by molar-refractivity contribution is 0.800. The van der Waals surface area contributed by atoms with Crippen LogP contribution < -0.4 is 5.56 Å². The third-order valence-corrected chi connectivity index (χ3v) is 3.85. The van der Waals surface area contributed by atoms with Crippen LogP contribution in [-0.2, 0) is 0 Å². The van der Waals surface area contributed by atoms with Crippen LogP contribution in [0.5, 0.6) is 0 Å². The first-order valence-electron chi connectivity index (χ1n) is 4.29. The van der Waals surface area contributed by atoms with Gasteiger partial charge >= 0.3 is 0 Å². The first kappa shape index (κ1) is 11.9. The smallest absolute Gasteiger partial charge is 0.266 e. The van der Waals surface area contributed by atoms with Crippen molar-refractivity contribution in [2.75, 3.05) is 0 Å². The Hall–Kier alpha value is -0.590. The third-order valence-electron chi connectivity index (χ3n) is 1.95. The summed E-state index contributed by atoms with van der Waals surface area (Å²) < 4.78 is 1.73. The second-order valence-corrected chi connectivity index (χ2v) is 4.92. The van der Waals surface area contributed by atoms with Crippen LogP contribution in [0.1, 0.15) is 0 Å². The molecular weight excluding hydrogens is 362 g/mol. The Balaban J connectivity index is 2.61. The number of rotatable bonds is 1. The summed E-state index contributed by atoms with van der Waals surface area (Å²) in [4.78, 5) is 11.9. The molecule has 0 spiro atoms. The van der Waals surface area contributed by atoms with Crippen molar-refractivity contribution in [2.45, 2.75) is 0 Å². The average molecular weight is 367 g/mol. The van der Waals surface area contributed by atoms with E-state index in [1.165, 1.54) is 10.9 Å². The van der Waals surface area contributed by atoms with Gasteiger partial charge in [-0.25, -0.2) is 0 Å². The fraction of sp³-hybridized carbons (Fsp3) is 0. The largest absolute Gasteiger partial charge is 0.286 e. The molecule has 1 aromatic heterocycles. The van der Waals surface area contributed by atoms with Crippen molar-refractivity contribution in [2.24, 2.45) is 0 Å². The Morgan fingerprint density at radius 3 is 2.44 bits per heavy atom. The zero-order valence-electron chi connectivity index (χ0n) is 7.82. The average Bonchev–Trinajstić information content (AvgIpc) is 2.28. The van der Waals surface area contributed by atoms with Crippen LogP contribution in [0, 0.1) is 3.57 Å². The second kappa shape index (κ2) is 4.73. The monoisotopic (exact) mass is 366 g/mol. The molecule has 0 bridgehead atoms. The molecule has 0 amide bonds. The van der Waals surface area contributed by atoms with E-state index in [2.05, 4.69) is 5.10 Å². The third kappa shape index (κ3) is 2.23. The fourth-order valence-electron chi connectivity index (χ4n) is 1.18. The highest BCUT2D eigenvalue weighted by molar-refractivity contribution is 14.1. The first-order chi connectivity index (χ1) is 7.59. The van der Waals surface area contributed by atoms with Crippen LogP contribution in [0.4, 0.5) is 0 Å². The fourth-order valence-corrected chi connectivity index (χ4v) is 1.80. The summed E-state index contributed by atoms with van der Waals surface area (Å²) in [6, 6.07) is 6.85. The minimum absolute atomic E-state index is 0.240. The molecule has 0 atom stereocenters. The standard InChI is InChI=1S/C10H5Cl2IN2O/c11-6-1-3-7(4-2-6)15-10(16)9(13)8(12)5-14-15/h1-5H. The van der Waals surface area contributed by atoms with E-state index in [0.717, 1.165) is 0 Å². The van der Waals surface area contributed by atoms with Gasteiger partial charge in [0.1, 0.15) is 3.57 Å². The van der Waals surface area contributed by atoms with Crippen molar-refractivity contribution < 1.29 is 0 Å². The van der Waals surface area contributed by atoms with E-state index in [9.17, 15) is 4.79 Å². The van der Waals surface area contributed by atoms with Gasteiger partial charge in [-0.15, -0.1) is 0 Å². The summed E-state index contributed by atoms with van der Waals surface area (Å²) >= 11 is 13.5. The highest BCUT2D eigenvalue weighted by Crippen LogP contribution is 2.15. The van der Waals surface area contributed by atoms with Gasteiger partial charge in [0.15, 0.2) is 0 Å². The minimum Gasteiger partial charge on any atom is -0.266 e. The van der Waals surface area contributed by atoms with Gasteiger partial charge < -0.3 is 0 Å². The van der Waals surface area contributed by atoms with Crippen LogP contribution >= 0.6 is 45.8 Å². The van der Waals surface area contributed by atoms with Gasteiger partial charge in [0.25, 0.3) is 5.56 Å². The number of halogens is 3. The molecule has 1 aromatic carbocycles. The number of benzene rings is 1. The quantitative estimate of drug-likeness (QED) is 0.727. The number of hydrogen-bond acceptors (Lipinski definition) is 2. The van der Waals surface area contributed by atoms with E-state index in [1.54, 1.807) is 24.3 Å². The number of hydrogen-bond donors (Lipinski definition) is 0. The van der Waals surface area contributed by atoms with Crippen LogP contribution in [-0.4, -0.2) is 9.78 Å². The van der Waals surface area contributed by atoms with Crippen molar-refractivity contribution in [3.05, 3.63) is 54.4 Å². The molecule has 82 valence electrons. The molecule has 1 heterocycles. The summed E-state index contributed by atoms with van der Waals surface area (Å²) in [6.45, 7) is 0. The molecule has 16 heavy (non-hydrogen) atoms. The summed E-state index contributed by atoms with van der Waals surface area (Å²) in [6.07, 6.45) is 1.44. The van der Waals surface area contributed by atoms with E-state index in [-0.39, 0.29) is 5.56 Å². The van der Waals surface area contributed by atoms with Crippen LogP contribution in [0.3, 0.4) is 0 Å². The minimum atomic E-state index is -0.240. The van der Waals surface area contributed by atoms with Crippen LogP contribution in [0.2, 0.25) is 10.0 Å². The molecule has 0 fully saturated rings. The molecule has 0 saturated heterocycles. The van der Waals surface area contributed by atoms with Crippen LogP contribution in [0.25, 0.3) is 5.69 Å². The molecule has 0 aliphatic heterocycles. The Morgan fingerprint density at radius 2 is 1.81 bits per heavy atom. The lowest BCUT2D eigenvalue weighted by atomic mass is 10.3. The Labute approximate surface area is 115 Å². The second-order valence-electron chi connectivity index (χ2n) is 3.00. The highest BCUT2D eigenvalue weighted by atomic mass is 127. The van der Waals surface area contributed by atoms with Gasteiger partial charge in [-0.1, -0.05) is 23.2 Å². The van der Waals surface area contributed by atoms with Gasteiger partial charge in [0.05, 0.1) is 16.9 Å². The van der Waals surface area contributed by atoms with E-state index in [4.69, 9.17) is 23.2 Å². The summed E-state index contributed by atoms with van der Waals surface area (Å²) in [5, 5.41) is 4.93. The molecule has 0 N–H and O–H groups in total. The normalized spacial score (nSPS) is 10.4. The molecule has 6 heteroatoms. The van der Waals surface area contributed by atoms with Gasteiger partial charge in [-0.2, -0.15) is 9.78 Å². The maximum Gasteiger partial charge on any atom is 0.286 e. The Bertz CT molecular complexity index is 580. The zero-order chi connectivity index (χ0) is 11.7. The molecule has 3 nitrogen and oxygen atoms in total. The maximum absolute atomic E-state index is 11.9. The van der Waals surface area contributed by atoms with Crippen molar-refractivity contribution in [3.8, 4) is 5.69 Å². The van der Waals surface area contributed by atoms with Gasteiger partial charge in [0.2, 0.25) is 0 Å².